The molecule has 2 unspecified atom stereocenters. The van der Waals surface area contributed by atoms with E-state index in [1.807, 2.05) is 60.7 Å². The van der Waals surface area contributed by atoms with Gasteiger partial charge in [-0.25, -0.2) is 9.97 Å². The van der Waals surface area contributed by atoms with Crippen LogP contribution in [0, 0.1) is 0 Å². The van der Waals surface area contributed by atoms with E-state index >= 15 is 0 Å². The molecular weight excluding hydrogens is 540 g/mol. The average Bonchev–Trinajstić information content (AvgIpc) is 3.67. The van der Waals surface area contributed by atoms with Crippen LogP contribution >= 0.6 is 0 Å². The first kappa shape index (κ1) is 24.8. The fraction of sp³-hybridized carbons (Fsp3) is 0.0500. The molecule has 0 amide bonds. The number of rotatable bonds is 4. The third kappa shape index (κ3) is 4.07. The minimum absolute atomic E-state index is 0.0410. The highest BCUT2D eigenvalue weighted by Crippen LogP contribution is 2.49. The summed E-state index contributed by atoms with van der Waals surface area (Å²) in [5, 5.41) is 2.08. The first-order valence-electron chi connectivity index (χ1n) is 14.9. The van der Waals surface area contributed by atoms with Crippen LogP contribution < -0.4 is 4.74 Å². The molecule has 0 spiro atoms. The Hall–Kier alpha value is -5.74. The van der Waals surface area contributed by atoms with Crippen molar-refractivity contribution in [2.45, 2.75) is 12.0 Å². The maximum Gasteiger partial charge on any atom is 0.177 e. The van der Waals surface area contributed by atoms with E-state index in [1.54, 1.807) is 0 Å². The van der Waals surface area contributed by atoms with Crippen LogP contribution in [0.5, 0.6) is 5.75 Å². The maximum absolute atomic E-state index is 6.54. The van der Waals surface area contributed by atoms with Gasteiger partial charge in [0.15, 0.2) is 17.2 Å². The molecule has 44 heavy (non-hydrogen) atoms. The van der Waals surface area contributed by atoms with Gasteiger partial charge in [-0.05, 0) is 47.5 Å². The van der Waals surface area contributed by atoms with Gasteiger partial charge < -0.3 is 9.15 Å². The van der Waals surface area contributed by atoms with Crippen LogP contribution in [0.1, 0.15) is 17.0 Å². The molecule has 5 aromatic carbocycles. The highest BCUT2D eigenvalue weighted by Gasteiger charge is 2.36. The smallest absolute Gasteiger partial charge is 0.177 e. The van der Waals surface area contributed by atoms with Crippen molar-refractivity contribution < 1.29 is 9.15 Å². The minimum atomic E-state index is -0.0410. The summed E-state index contributed by atoms with van der Waals surface area (Å²) < 4.78 is 13.0. The van der Waals surface area contributed by atoms with Gasteiger partial charge in [-0.3, -0.25) is 0 Å². The number of nitrogens with zero attached hydrogens (tertiary/aromatic N) is 2. The van der Waals surface area contributed by atoms with Crippen LogP contribution in [0.15, 0.2) is 150 Å². The number of hydrogen-bond donors (Lipinski definition) is 0. The van der Waals surface area contributed by atoms with Crippen LogP contribution in [0.2, 0.25) is 0 Å². The van der Waals surface area contributed by atoms with Gasteiger partial charge in [-0.2, -0.15) is 0 Å². The van der Waals surface area contributed by atoms with Gasteiger partial charge >= 0.3 is 0 Å². The lowest BCUT2D eigenvalue weighted by Crippen LogP contribution is -2.16. The van der Waals surface area contributed by atoms with Crippen molar-refractivity contribution in [3.63, 3.8) is 0 Å². The number of allylic oxidation sites excluding steroid dienone is 2. The Kier molecular flexibility index (Phi) is 5.60. The molecule has 0 radical (unpaired) electrons. The molecule has 2 atom stereocenters. The lowest BCUT2D eigenvalue weighted by atomic mass is 9.87. The van der Waals surface area contributed by atoms with Crippen molar-refractivity contribution in [3.05, 3.63) is 157 Å². The van der Waals surface area contributed by atoms with Crippen LogP contribution in [0.4, 0.5) is 0 Å². The zero-order valence-electron chi connectivity index (χ0n) is 23.7. The fourth-order valence-electron chi connectivity index (χ4n) is 6.44. The molecule has 0 N–H and O–H groups in total. The number of furan rings is 1. The summed E-state index contributed by atoms with van der Waals surface area (Å²) in [4.78, 5) is 9.97. The highest BCUT2D eigenvalue weighted by molar-refractivity contribution is 6.08. The van der Waals surface area contributed by atoms with Gasteiger partial charge in [-0.15, -0.1) is 0 Å². The zero-order chi connectivity index (χ0) is 29.0. The predicted molar refractivity (Wildman–Crippen MR) is 176 cm³/mol. The topological polar surface area (TPSA) is 48.2 Å². The molecule has 2 aliphatic rings. The Bertz CT molecular complexity index is 2190. The Labute approximate surface area is 254 Å². The van der Waals surface area contributed by atoms with E-state index in [0.717, 1.165) is 61.3 Å². The number of ether oxygens (including phenoxy) is 1. The number of aromatic nitrogens is 2. The van der Waals surface area contributed by atoms with Gasteiger partial charge in [-0.1, -0.05) is 109 Å². The summed E-state index contributed by atoms with van der Waals surface area (Å²) in [6.45, 7) is 0. The lowest BCUT2D eigenvalue weighted by Gasteiger charge is -2.18. The van der Waals surface area contributed by atoms with E-state index in [1.165, 1.54) is 11.1 Å². The molecule has 1 aliphatic carbocycles. The fourth-order valence-corrected chi connectivity index (χ4v) is 6.44. The Balaban J connectivity index is 1.16. The quantitative estimate of drug-likeness (QED) is 0.213. The van der Waals surface area contributed by atoms with E-state index in [4.69, 9.17) is 19.1 Å². The molecule has 9 rings (SSSR count). The standard InChI is InChI=1S/C40H26N2O2/c1-4-10-25(11-5-1)28-16-20-36-32(22-28)30-18-19-31-33-23-29(17-21-37(33)44-39(31)38(30)43-36)35-24-34(26-12-6-2-7-13-26)41-40(42-35)27-14-8-3-9-15-27/h1-24,32,36H. The molecule has 4 nitrogen and oxygen atoms in total. The first-order chi connectivity index (χ1) is 21.8. The number of benzene rings is 5. The van der Waals surface area contributed by atoms with Crippen molar-refractivity contribution in [1.82, 2.24) is 9.97 Å². The van der Waals surface area contributed by atoms with Crippen LogP contribution in [-0.2, 0) is 0 Å². The summed E-state index contributed by atoms with van der Waals surface area (Å²) in [6, 6.07) is 43.6. The normalized spacial score (nSPS) is 16.9. The summed E-state index contributed by atoms with van der Waals surface area (Å²) in [5.41, 5.74) is 10.00. The van der Waals surface area contributed by atoms with Gasteiger partial charge in [0.25, 0.3) is 0 Å². The SMILES string of the molecule is C1=CC2Oc3c(ccc4c3oc3ccc(-c5cc(-c6ccccc6)nc(-c6ccccc6)n5)cc34)C2C=C1c1ccccc1. The number of hydrogen-bond acceptors (Lipinski definition) is 4. The Morgan fingerprint density at radius 3 is 2.00 bits per heavy atom. The second kappa shape index (κ2) is 9.92. The third-order valence-corrected chi connectivity index (χ3v) is 8.65. The van der Waals surface area contributed by atoms with Crippen LogP contribution in [0.25, 0.3) is 61.4 Å². The van der Waals surface area contributed by atoms with Crippen molar-refractivity contribution >= 4 is 27.5 Å². The molecule has 3 heterocycles. The van der Waals surface area contributed by atoms with Crippen LogP contribution in [-0.4, -0.2) is 16.1 Å². The molecule has 0 fully saturated rings. The van der Waals surface area contributed by atoms with Crippen molar-refractivity contribution in [3.8, 4) is 39.7 Å². The molecular formula is C40H26N2O2. The molecule has 0 saturated carbocycles. The minimum Gasteiger partial charge on any atom is -0.481 e. The van der Waals surface area contributed by atoms with Crippen molar-refractivity contribution in [1.29, 1.82) is 0 Å². The lowest BCUT2D eigenvalue weighted by molar-refractivity contribution is 0.269. The second-order valence-corrected chi connectivity index (χ2v) is 11.3. The molecule has 0 saturated heterocycles. The van der Waals surface area contributed by atoms with E-state index in [0.29, 0.717) is 5.82 Å². The summed E-state index contributed by atoms with van der Waals surface area (Å²) >= 11 is 0. The summed E-state index contributed by atoms with van der Waals surface area (Å²) in [7, 11) is 0. The van der Waals surface area contributed by atoms with Gasteiger partial charge in [0.1, 0.15) is 11.7 Å². The van der Waals surface area contributed by atoms with Crippen molar-refractivity contribution in [2.24, 2.45) is 0 Å². The molecule has 1 aliphatic heterocycles. The third-order valence-electron chi connectivity index (χ3n) is 8.65. The molecule has 208 valence electrons. The molecule has 7 aromatic rings. The van der Waals surface area contributed by atoms with Gasteiger partial charge in [0, 0.05) is 38.9 Å². The monoisotopic (exact) mass is 566 g/mol. The van der Waals surface area contributed by atoms with Crippen molar-refractivity contribution in [2.75, 3.05) is 0 Å². The summed E-state index contributed by atoms with van der Waals surface area (Å²) in [5.74, 6) is 1.68. The Morgan fingerprint density at radius 1 is 0.568 bits per heavy atom. The summed E-state index contributed by atoms with van der Waals surface area (Å²) in [6.07, 6.45) is 6.62. The first-order valence-corrected chi connectivity index (χ1v) is 14.9. The Morgan fingerprint density at radius 2 is 1.25 bits per heavy atom. The van der Waals surface area contributed by atoms with E-state index in [9.17, 15) is 0 Å². The molecule has 4 heteroatoms. The van der Waals surface area contributed by atoms with Crippen LogP contribution in [0.3, 0.4) is 0 Å². The van der Waals surface area contributed by atoms with Gasteiger partial charge in [0.05, 0.1) is 11.4 Å². The predicted octanol–water partition coefficient (Wildman–Crippen LogP) is 9.87. The van der Waals surface area contributed by atoms with E-state index in [-0.39, 0.29) is 12.0 Å². The van der Waals surface area contributed by atoms with Gasteiger partial charge in [0.2, 0.25) is 0 Å². The zero-order valence-corrected chi connectivity index (χ0v) is 23.7. The van der Waals surface area contributed by atoms with E-state index in [2.05, 4.69) is 85.0 Å². The average molecular weight is 567 g/mol. The second-order valence-electron chi connectivity index (χ2n) is 11.3. The highest BCUT2D eigenvalue weighted by atomic mass is 16.5. The molecule has 0 bridgehead atoms. The maximum atomic E-state index is 6.54. The largest absolute Gasteiger partial charge is 0.481 e. The number of fused-ring (bicyclic) bond motifs is 7. The van der Waals surface area contributed by atoms with E-state index < -0.39 is 0 Å². The molecule has 2 aromatic heterocycles.